The van der Waals surface area contributed by atoms with Crippen LogP contribution >= 0.6 is 0 Å². The molecular formula is C16H23N. The average molecular weight is 229 g/mol. The molecule has 17 heavy (non-hydrogen) atoms. The summed E-state index contributed by atoms with van der Waals surface area (Å²) in [5.41, 5.74) is 3.11. The Hall–Kier alpha value is -1.24. The monoisotopic (exact) mass is 229 g/mol. The smallest absolute Gasteiger partial charge is 0.0483 e. The van der Waals surface area contributed by atoms with Crippen molar-refractivity contribution in [2.24, 2.45) is 5.41 Å². The van der Waals surface area contributed by atoms with Gasteiger partial charge in [-0.25, -0.2) is 0 Å². The van der Waals surface area contributed by atoms with E-state index < -0.39 is 0 Å². The molecule has 92 valence electrons. The molecule has 1 aromatic heterocycles. The molecule has 1 heterocycles. The SMILES string of the molecule is CC(C)c1ccc2ccn(CC(C)(C)C)c2c1. The molecule has 1 nitrogen and oxygen atoms in total. The molecule has 0 spiro atoms. The lowest BCUT2D eigenvalue weighted by molar-refractivity contribution is 0.349. The van der Waals surface area contributed by atoms with Crippen LogP contribution in [0.3, 0.4) is 0 Å². The Morgan fingerprint density at radius 2 is 1.82 bits per heavy atom. The van der Waals surface area contributed by atoms with E-state index in [-0.39, 0.29) is 0 Å². The minimum absolute atomic E-state index is 0.319. The second-order valence-corrected chi connectivity index (χ2v) is 6.48. The van der Waals surface area contributed by atoms with Crippen molar-refractivity contribution in [3.05, 3.63) is 36.0 Å². The van der Waals surface area contributed by atoms with Gasteiger partial charge in [0.2, 0.25) is 0 Å². The van der Waals surface area contributed by atoms with Gasteiger partial charge in [-0.1, -0.05) is 46.8 Å². The Bertz CT molecular complexity index is 512. The number of benzene rings is 1. The van der Waals surface area contributed by atoms with Gasteiger partial charge in [-0.2, -0.15) is 0 Å². The first-order valence-corrected chi connectivity index (χ1v) is 6.46. The average Bonchev–Trinajstić information content (AvgIpc) is 2.58. The molecule has 1 heteroatoms. The van der Waals surface area contributed by atoms with Crippen LogP contribution in [0.25, 0.3) is 10.9 Å². The van der Waals surface area contributed by atoms with Crippen LogP contribution in [0, 0.1) is 5.41 Å². The van der Waals surface area contributed by atoms with E-state index in [0.717, 1.165) is 6.54 Å². The highest BCUT2D eigenvalue weighted by atomic mass is 15.0. The van der Waals surface area contributed by atoms with Crippen LogP contribution in [0.4, 0.5) is 0 Å². The van der Waals surface area contributed by atoms with Crippen molar-refractivity contribution in [3.63, 3.8) is 0 Å². The fourth-order valence-electron chi connectivity index (χ4n) is 2.21. The number of aromatic nitrogens is 1. The molecule has 0 fully saturated rings. The molecule has 0 saturated heterocycles. The molecule has 0 bridgehead atoms. The van der Waals surface area contributed by atoms with Gasteiger partial charge in [0.15, 0.2) is 0 Å². The van der Waals surface area contributed by atoms with Gasteiger partial charge >= 0.3 is 0 Å². The fourth-order valence-corrected chi connectivity index (χ4v) is 2.21. The van der Waals surface area contributed by atoms with Crippen LogP contribution in [0.1, 0.15) is 46.1 Å². The summed E-state index contributed by atoms with van der Waals surface area (Å²) in [5.74, 6) is 0.595. The van der Waals surface area contributed by atoms with Crippen molar-refractivity contribution in [2.75, 3.05) is 0 Å². The number of nitrogens with zero attached hydrogens (tertiary/aromatic N) is 1. The maximum Gasteiger partial charge on any atom is 0.0483 e. The molecule has 0 N–H and O–H groups in total. The van der Waals surface area contributed by atoms with E-state index in [9.17, 15) is 0 Å². The standard InChI is InChI=1S/C16H23N/c1-12(2)14-7-6-13-8-9-17(15(13)10-14)11-16(3,4)5/h6-10,12H,11H2,1-5H3. The van der Waals surface area contributed by atoms with E-state index >= 15 is 0 Å². The quantitative estimate of drug-likeness (QED) is 0.696. The normalized spacial score (nSPS) is 12.6. The summed E-state index contributed by atoms with van der Waals surface area (Å²) in [6.07, 6.45) is 2.21. The van der Waals surface area contributed by atoms with Crippen molar-refractivity contribution >= 4 is 10.9 Å². The third-order valence-corrected chi connectivity index (χ3v) is 3.11. The topological polar surface area (TPSA) is 4.93 Å². The molecular weight excluding hydrogens is 206 g/mol. The zero-order chi connectivity index (χ0) is 12.6. The van der Waals surface area contributed by atoms with Crippen molar-refractivity contribution in [1.29, 1.82) is 0 Å². The number of rotatable bonds is 2. The van der Waals surface area contributed by atoms with Gasteiger partial charge in [0.05, 0.1) is 0 Å². The van der Waals surface area contributed by atoms with Gasteiger partial charge in [0.1, 0.15) is 0 Å². The van der Waals surface area contributed by atoms with Gasteiger partial charge in [0, 0.05) is 18.3 Å². The first-order chi connectivity index (χ1) is 7.87. The van der Waals surface area contributed by atoms with Crippen LogP contribution in [0.5, 0.6) is 0 Å². The molecule has 0 radical (unpaired) electrons. The summed E-state index contributed by atoms with van der Waals surface area (Å²) >= 11 is 0. The third kappa shape index (κ3) is 2.71. The summed E-state index contributed by atoms with van der Waals surface area (Å²) < 4.78 is 2.38. The second-order valence-electron chi connectivity index (χ2n) is 6.48. The molecule has 0 saturated carbocycles. The predicted octanol–water partition coefficient (Wildman–Crippen LogP) is 4.81. The van der Waals surface area contributed by atoms with Gasteiger partial charge < -0.3 is 4.57 Å². The summed E-state index contributed by atoms with van der Waals surface area (Å²) in [5, 5.41) is 1.35. The molecule has 2 aromatic rings. The Kier molecular flexibility index (Phi) is 3.03. The lowest BCUT2D eigenvalue weighted by Crippen LogP contribution is -2.14. The zero-order valence-electron chi connectivity index (χ0n) is 11.6. The van der Waals surface area contributed by atoms with Crippen LogP contribution < -0.4 is 0 Å². The van der Waals surface area contributed by atoms with Crippen LogP contribution in [0.15, 0.2) is 30.5 Å². The highest BCUT2D eigenvalue weighted by Gasteiger charge is 2.13. The molecule has 0 amide bonds. The van der Waals surface area contributed by atoms with E-state index in [1.54, 1.807) is 0 Å². The number of hydrogen-bond donors (Lipinski definition) is 0. The Labute approximate surface area is 104 Å². The number of hydrogen-bond acceptors (Lipinski definition) is 0. The first kappa shape index (κ1) is 12.2. The summed E-state index contributed by atoms with van der Waals surface area (Å²) in [6.45, 7) is 12.4. The largest absolute Gasteiger partial charge is 0.347 e. The summed E-state index contributed by atoms with van der Waals surface area (Å²) in [6, 6.07) is 9.04. The molecule has 1 aromatic carbocycles. The highest BCUT2D eigenvalue weighted by Crippen LogP contribution is 2.25. The minimum Gasteiger partial charge on any atom is -0.347 e. The van der Waals surface area contributed by atoms with Crippen LogP contribution in [-0.2, 0) is 6.54 Å². The first-order valence-electron chi connectivity index (χ1n) is 6.46. The van der Waals surface area contributed by atoms with Crippen molar-refractivity contribution in [1.82, 2.24) is 4.57 Å². The maximum absolute atomic E-state index is 2.38. The zero-order valence-corrected chi connectivity index (χ0v) is 11.6. The molecule has 0 aliphatic rings. The molecule has 0 atom stereocenters. The minimum atomic E-state index is 0.319. The van der Waals surface area contributed by atoms with Crippen molar-refractivity contribution in [3.8, 4) is 0 Å². The molecule has 0 aliphatic heterocycles. The lowest BCUT2D eigenvalue weighted by atomic mass is 9.96. The summed E-state index contributed by atoms with van der Waals surface area (Å²) in [7, 11) is 0. The van der Waals surface area contributed by atoms with E-state index in [4.69, 9.17) is 0 Å². The Morgan fingerprint density at radius 1 is 1.12 bits per heavy atom. The summed E-state index contributed by atoms with van der Waals surface area (Å²) in [4.78, 5) is 0. The maximum atomic E-state index is 2.38. The van der Waals surface area contributed by atoms with Gasteiger partial charge in [-0.3, -0.25) is 0 Å². The number of fused-ring (bicyclic) bond motifs is 1. The van der Waals surface area contributed by atoms with Crippen LogP contribution in [0.2, 0.25) is 0 Å². The van der Waals surface area contributed by atoms with Gasteiger partial charge in [-0.05, 0) is 34.4 Å². The molecule has 0 aliphatic carbocycles. The highest BCUT2D eigenvalue weighted by molar-refractivity contribution is 5.81. The fraction of sp³-hybridized carbons (Fsp3) is 0.500. The van der Waals surface area contributed by atoms with Crippen molar-refractivity contribution < 1.29 is 0 Å². The Balaban J connectivity index is 2.47. The van der Waals surface area contributed by atoms with E-state index in [0.29, 0.717) is 11.3 Å². The lowest BCUT2D eigenvalue weighted by Gasteiger charge is -2.20. The van der Waals surface area contributed by atoms with Crippen LogP contribution in [-0.4, -0.2) is 4.57 Å². The van der Waals surface area contributed by atoms with Crippen molar-refractivity contribution in [2.45, 2.75) is 47.1 Å². The Morgan fingerprint density at radius 3 is 2.41 bits per heavy atom. The van der Waals surface area contributed by atoms with E-state index in [1.165, 1.54) is 16.5 Å². The predicted molar refractivity (Wildman–Crippen MR) is 75.5 cm³/mol. The van der Waals surface area contributed by atoms with E-state index in [1.807, 2.05) is 0 Å². The second kappa shape index (κ2) is 4.21. The van der Waals surface area contributed by atoms with Gasteiger partial charge in [-0.15, -0.1) is 0 Å². The van der Waals surface area contributed by atoms with Gasteiger partial charge in [0.25, 0.3) is 0 Å². The molecule has 0 unspecified atom stereocenters. The van der Waals surface area contributed by atoms with E-state index in [2.05, 4.69) is 69.6 Å². The molecule has 2 rings (SSSR count). The third-order valence-electron chi connectivity index (χ3n) is 3.11.